The van der Waals surface area contributed by atoms with E-state index in [1.165, 1.54) is 16.9 Å². The third kappa shape index (κ3) is 4.75. The summed E-state index contributed by atoms with van der Waals surface area (Å²) in [5.41, 5.74) is 3.13. The number of carbonyl (C=O) groups excluding carboxylic acids is 1. The second kappa shape index (κ2) is 9.01. The molecule has 2 aromatic carbocycles. The lowest BCUT2D eigenvalue weighted by Gasteiger charge is -2.10. The third-order valence-corrected chi connectivity index (χ3v) is 5.47. The van der Waals surface area contributed by atoms with Gasteiger partial charge in [-0.25, -0.2) is 9.97 Å². The molecule has 0 saturated heterocycles. The molecule has 4 rings (SSSR count). The molecule has 31 heavy (non-hydrogen) atoms. The van der Waals surface area contributed by atoms with Gasteiger partial charge in [0, 0.05) is 17.0 Å². The van der Waals surface area contributed by atoms with E-state index in [0.717, 1.165) is 22.2 Å². The number of methoxy groups -OCH3 is 1. The predicted octanol–water partition coefficient (Wildman–Crippen LogP) is 4.64. The van der Waals surface area contributed by atoms with Gasteiger partial charge >= 0.3 is 0 Å². The van der Waals surface area contributed by atoms with Crippen molar-refractivity contribution in [3.8, 4) is 27.9 Å². The third-order valence-electron chi connectivity index (χ3n) is 4.65. The van der Waals surface area contributed by atoms with Gasteiger partial charge in [0.1, 0.15) is 23.1 Å². The highest BCUT2D eigenvalue weighted by molar-refractivity contribution is 7.12. The number of carbonyl (C=O) groups is 1. The van der Waals surface area contributed by atoms with Gasteiger partial charge in [0.15, 0.2) is 11.7 Å². The fourth-order valence-electron chi connectivity index (χ4n) is 3.02. The second-order valence-corrected chi connectivity index (χ2v) is 7.76. The Morgan fingerprint density at radius 2 is 1.90 bits per heavy atom. The van der Waals surface area contributed by atoms with Crippen LogP contribution in [-0.2, 0) is 4.79 Å². The number of anilines is 1. The van der Waals surface area contributed by atoms with Crippen molar-refractivity contribution in [1.29, 1.82) is 0 Å². The molecule has 1 N–H and O–H groups in total. The highest BCUT2D eigenvalue weighted by Crippen LogP contribution is 2.27. The number of ether oxygens (including phenoxy) is 2. The van der Waals surface area contributed by atoms with Crippen LogP contribution in [0, 0.1) is 13.8 Å². The van der Waals surface area contributed by atoms with E-state index in [4.69, 9.17) is 14.5 Å². The number of aromatic nitrogens is 3. The average Bonchev–Trinajstić information content (AvgIpc) is 3.39. The number of nitrogens with one attached hydrogen (secondary N) is 1. The number of hydrogen-bond donors (Lipinski definition) is 1. The zero-order valence-corrected chi connectivity index (χ0v) is 18.3. The Bertz CT molecular complexity index is 1200. The summed E-state index contributed by atoms with van der Waals surface area (Å²) in [5.74, 6) is 2.20. The molecule has 0 unspecified atom stereocenters. The highest BCUT2D eigenvalue weighted by Gasteiger charge is 2.15. The summed E-state index contributed by atoms with van der Waals surface area (Å²) in [4.78, 5) is 21.5. The molecular formula is C23H22N4O3S. The van der Waals surface area contributed by atoms with Gasteiger partial charge in [-0.1, -0.05) is 35.9 Å². The Morgan fingerprint density at radius 1 is 1.13 bits per heavy atom. The van der Waals surface area contributed by atoms with E-state index in [1.807, 2.05) is 35.1 Å². The number of nitrogens with zero attached hydrogens (tertiary/aromatic N) is 3. The van der Waals surface area contributed by atoms with Crippen LogP contribution in [0.3, 0.4) is 0 Å². The van der Waals surface area contributed by atoms with E-state index in [-0.39, 0.29) is 12.5 Å². The zero-order valence-electron chi connectivity index (χ0n) is 17.5. The maximum Gasteiger partial charge on any atom is 0.263 e. The Balaban J connectivity index is 1.47. The van der Waals surface area contributed by atoms with Crippen LogP contribution < -0.4 is 14.8 Å². The van der Waals surface area contributed by atoms with Crippen LogP contribution in [-0.4, -0.2) is 34.2 Å². The van der Waals surface area contributed by atoms with Crippen LogP contribution in [0.5, 0.6) is 11.5 Å². The van der Waals surface area contributed by atoms with Crippen LogP contribution in [0.25, 0.3) is 16.4 Å². The number of amides is 1. The average molecular weight is 435 g/mol. The Labute approximate surface area is 184 Å². The van der Waals surface area contributed by atoms with Gasteiger partial charge < -0.3 is 14.8 Å². The van der Waals surface area contributed by atoms with E-state index < -0.39 is 0 Å². The maximum absolute atomic E-state index is 12.5. The summed E-state index contributed by atoms with van der Waals surface area (Å²) in [6, 6.07) is 15.3. The first-order valence-corrected chi connectivity index (χ1v) is 10.6. The molecule has 2 aromatic heterocycles. The number of hydrogen-bond acceptors (Lipinski definition) is 6. The molecule has 4 aromatic rings. The SMILES string of the molecule is COc1cccc(OCC(=O)Nc2cnc(C)n2-c2nc(-c3ccc(C)cc3)cs2)c1. The molecule has 1 amide bonds. The van der Waals surface area contributed by atoms with Crippen LogP contribution in [0.1, 0.15) is 11.4 Å². The summed E-state index contributed by atoms with van der Waals surface area (Å²) in [7, 11) is 1.58. The van der Waals surface area contributed by atoms with Crippen LogP contribution in [0.4, 0.5) is 5.82 Å². The zero-order chi connectivity index (χ0) is 21.8. The Kier molecular flexibility index (Phi) is 5.99. The quantitative estimate of drug-likeness (QED) is 0.459. The minimum absolute atomic E-state index is 0.135. The van der Waals surface area contributed by atoms with Crippen LogP contribution in [0.2, 0.25) is 0 Å². The van der Waals surface area contributed by atoms with E-state index in [2.05, 4.69) is 29.4 Å². The molecule has 2 heterocycles. The van der Waals surface area contributed by atoms with Gasteiger partial charge in [-0.05, 0) is 26.0 Å². The number of imidazole rings is 1. The first kappa shape index (κ1) is 20.6. The van der Waals surface area contributed by atoms with Crippen molar-refractivity contribution < 1.29 is 14.3 Å². The van der Waals surface area contributed by atoms with Gasteiger partial charge in [0.05, 0.1) is 19.0 Å². The lowest BCUT2D eigenvalue weighted by Crippen LogP contribution is -2.21. The molecule has 0 aliphatic rings. The molecule has 7 nitrogen and oxygen atoms in total. The summed E-state index contributed by atoms with van der Waals surface area (Å²) < 4.78 is 12.6. The summed E-state index contributed by atoms with van der Waals surface area (Å²) in [6.07, 6.45) is 1.62. The first-order chi connectivity index (χ1) is 15.0. The van der Waals surface area contributed by atoms with Crippen molar-refractivity contribution in [2.45, 2.75) is 13.8 Å². The van der Waals surface area contributed by atoms with E-state index in [0.29, 0.717) is 17.3 Å². The minimum Gasteiger partial charge on any atom is -0.497 e. The predicted molar refractivity (Wildman–Crippen MR) is 121 cm³/mol. The van der Waals surface area contributed by atoms with Crippen molar-refractivity contribution in [1.82, 2.24) is 14.5 Å². The molecule has 0 bridgehead atoms. The van der Waals surface area contributed by atoms with Crippen LogP contribution in [0.15, 0.2) is 60.1 Å². The molecule has 0 aliphatic heterocycles. The van der Waals surface area contributed by atoms with Gasteiger partial charge in [-0.2, -0.15) is 0 Å². The smallest absolute Gasteiger partial charge is 0.263 e. The number of thiazole rings is 1. The van der Waals surface area contributed by atoms with E-state index >= 15 is 0 Å². The van der Waals surface area contributed by atoms with E-state index in [9.17, 15) is 4.79 Å². The summed E-state index contributed by atoms with van der Waals surface area (Å²) in [5, 5.41) is 5.59. The first-order valence-electron chi connectivity index (χ1n) is 9.67. The van der Waals surface area contributed by atoms with Crippen molar-refractivity contribution in [2.75, 3.05) is 19.0 Å². The molecule has 0 spiro atoms. The fourth-order valence-corrected chi connectivity index (χ4v) is 3.91. The molecule has 0 atom stereocenters. The largest absolute Gasteiger partial charge is 0.497 e. The molecule has 0 fully saturated rings. The normalized spacial score (nSPS) is 10.7. The monoisotopic (exact) mass is 434 g/mol. The van der Waals surface area contributed by atoms with Crippen molar-refractivity contribution in [2.24, 2.45) is 0 Å². The van der Waals surface area contributed by atoms with Crippen molar-refractivity contribution in [3.63, 3.8) is 0 Å². The van der Waals surface area contributed by atoms with Gasteiger partial charge in [-0.3, -0.25) is 9.36 Å². The topological polar surface area (TPSA) is 78.3 Å². The standard InChI is InChI=1S/C23H22N4O3S/c1-15-7-9-17(10-8-15)20-14-31-23(25-20)27-16(2)24-12-21(27)26-22(28)13-30-19-6-4-5-18(11-19)29-3/h4-12,14H,13H2,1-3H3,(H,26,28). The van der Waals surface area contributed by atoms with Gasteiger partial charge in [0.25, 0.3) is 5.91 Å². The molecule has 0 radical (unpaired) electrons. The second-order valence-electron chi connectivity index (χ2n) is 6.92. The maximum atomic E-state index is 12.5. The number of aryl methyl sites for hydroxylation is 2. The fraction of sp³-hybridized carbons (Fsp3) is 0.174. The summed E-state index contributed by atoms with van der Waals surface area (Å²) >= 11 is 1.49. The highest BCUT2D eigenvalue weighted by atomic mass is 32.1. The van der Waals surface area contributed by atoms with Crippen molar-refractivity contribution >= 4 is 23.1 Å². The van der Waals surface area contributed by atoms with Crippen molar-refractivity contribution in [3.05, 3.63) is 71.5 Å². The number of rotatable bonds is 7. The minimum atomic E-state index is -0.292. The lowest BCUT2D eigenvalue weighted by molar-refractivity contribution is -0.118. The molecule has 158 valence electrons. The number of benzene rings is 2. The lowest BCUT2D eigenvalue weighted by atomic mass is 10.1. The van der Waals surface area contributed by atoms with Gasteiger partial charge in [-0.15, -0.1) is 11.3 Å². The molecule has 0 saturated carbocycles. The molecule has 0 aliphatic carbocycles. The molecule has 8 heteroatoms. The van der Waals surface area contributed by atoms with Gasteiger partial charge in [0.2, 0.25) is 0 Å². The Hall–Kier alpha value is -3.65. The Morgan fingerprint density at radius 3 is 2.68 bits per heavy atom. The molecular weight excluding hydrogens is 412 g/mol. The van der Waals surface area contributed by atoms with Crippen LogP contribution >= 0.6 is 11.3 Å². The van der Waals surface area contributed by atoms with E-state index in [1.54, 1.807) is 31.5 Å². The summed E-state index contributed by atoms with van der Waals surface area (Å²) in [6.45, 7) is 3.79.